The number of hydrogen-bond donors (Lipinski definition) is 0. The Labute approximate surface area is 216 Å². The minimum atomic E-state index is -3.62. The van der Waals surface area contributed by atoms with Gasteiger partial charge in [-0.05, 0) is 60.0 Å². The van der Waals surface area contributed by atoms with E-state index >= 15 is 0 Å². The van der Waals surface area contributed by atoms with Crippen LogP contribution in [0, 0.1) is 12.7 Å². The van der Waals surface area contributed by atoms with Gasteiger partial charge in [-0.3, -0.25) is 0 Å². The van der Waals surface area contributed by atoms with Crippen LogP contribution >= 0.6 is 0 Å². The summed E-state index contributed by atoms with van der Waals surface area (Å²) in [5.41, 5.74) is 4.81. The van der Waals surface area contributed by atoms with Crippen LogP contribution in [0.5, 0.6) is 23.0 Å². The molecular formula is C29H27FO6S. The summed E-state index contributed by atoms with van der Waals surface area (Å²) in [6.45, 7) is 2.27. The van der Waals surface area contributed by atoms with Crippen LogP contribution in [-0.2, 0) is 16.7 Å². The van der Waals surface area contributed by atoms with Crippen LogP contribution in [-0.4, -0.2) is 28.9 Å². The van der Waals surface area contributed by atoms with Gasteiger partial charge in [0, 0.05) is 11.1 Å². The molecule has 0 saturated heterocycles. The highest BCUT2D eigenvalue weighted by Gasteiger charge is 2.17. The smallest absolute Gasteiger partial charge is 0.306 e. The van der Waals surface area contributed by atoms with E-state index < -0.39 is 15.9 Å². The molecule has 0 amide bonds. The molecule has 0 atom stereocenters. The first-order valence-corrected chi connectivity index (χ1v) is 13.2. The summed E-state index contributed by atoms with van der Waals surface area (Å²) < 4.78 is 59.6. The monoisotopic (exact) mass is 522 g/mol. The van der Waals surface area contributed by atoms with Crippen molar-refractivity contribution in [2.45, 2.75) is 13.5 Å². The summed E-state index contributed by atoms with van der Waals surface area (Å²) in [6, 6.07) is 22.8. The van der Waals surface area contributed by atoms with Crippen molar-refractivity contribution >= 4 is 10.1 Å². The van der Waals surface area contributed by atoms with E-state index in [9.17, 15) is 12.8 Å². The molecule has 8 heteroatoms. The topological polar surface area (TPSA) is 71.1 Å². The van der Waals surface area contributed by atoms with Crippen molar-refractivity contribution < 1.29 is 31.2 Å². The van der Waals surface area contributed by atoms with Crippen LogP contribution in [0.25, 0.3) is 22.3 Å². The first kappa shape index (κ1) is 26.0. The molecule has 0 aliphatic heterocycles. The van der Waals surface area contributed by atoms with E-state index in [1.54, 1.807) is 55.6 Å². The second-order valence-electron chi connectivity index (χ2n) is 8.48. The molecule has 0 radical (unpaired) electrons. The molecule has 0 aliphatic rings. The second-order valence-corrected chi connectivity index (χ2v) is 10.1. The van der Waals surface area contributed by atoms with Crippen LogP contribution in [0.1, 0.15) is 11.1 Å². The lowest BCUT2D eigenvalue weighted by Crippen LogP contribution is -2.05. The van der Waals surface area contributed by atoms with E-state index in [0.29, 0.717) is 28.2 Å². The van der Waals surface area contributed by atoms with Gasteiger partial charge in [0.25, 0.3) is 0 Å². The first-order chi connectivity index (χ1) is 17.7. The van der Waals surface area contributed by atoms with Crippen molar-refractivity contribution in [2.24, 2.45) is 0 Å². The summed E-state index contributed by atoms with van der Waals surface area (Å²) in [5, 5.41) is 0. The highest BCUT2D eigenvalue weighted by atomic mass is 32.2. The quantitative estimate of drug-likeness (QED) is 0.237. The molecule has 37 heavy (non-hydrogen) atoms. The Morgan fingerprint density at radius 1 is 0.730 bits per heavy atom. The van der Waals surface area contributed by atoms with Gasteiger partial charge >= 0.3 is 10.1 Å². The zero-order chi connectivity index (χ0) is 26.6. The Kier molecular flexibility index (Phi) is 7.69. The molecule has 192 valence electrons. The third-order valence-electron chi connectivity index (χ3n) is 5.69. The van der Waals surface area contributed by atoms with Gasteiger partial charge in [0.2, 0.25) is 0 Å². The van der Waals surface area contributed by atoms with Crippen LogP contribution in [0.15, 0.2) is 78.9 Å². The van der Waals surface area contributed by atoms with Gasteiger partial charge in [-0.15, -0.1) is 0 Å². The summed E-state index contributed by atoms with van der Waals surface area (Å²) >= 11 is 0. The summed E-state index contributed by atoms with van der Waals surface area (Å²) in [4.78, 5) is 0. The molecule has 0 aromatic heterocycles. The van der Waals surface area contributed by atoms with E-state index in [4.69, 9.17) is 18.4 Å². The predicted molar refractivity (Wildman–Crippen MR) is 141 cm³/mol. The molecule has 0 aliphatic carbocycles. The molecule has 0 N–H and O–H groups in total. The number of rotatable bonds is 9. The van der Waals surface area contributed by atoms with Crippen molar-refractivity contribution in [1.29, 1.82) is 0 Å². The van der Waals surface area contributed by atoms with E-state index in [2.05, 4.69) is 0 Å². The van der Waals surface area contributed by atoms with Gasteiger partial charge in [0.1, 0.15) is 23.9 Å². The largest absolute Gasteiger partial charge is 0.496 e. The van der Waals surface area contributed by atoms with Gasteiger partial charge < -0.3 is 18.4 Å². The predicted octanol–water partition coefficient (Wildman–Crippen LogP) is 6.40. The third kappa shape index (κ3) is 6.40. The fourth-order valence-electron chi connectivity index (χ4n) is 3.84. The third-order valence-corrected chi connectivity index (χ3v) is 6.19. The molecule has 4 rings (SSSR count). The van der Waals surface area contributed by atoms with Crippen LogP contribution in [0.4, 0.5) is 4.39 Å². The Bertz CT molecular complexity index is 1500. The van der Waals surface area contributed by atoms with Gasteiger partial charge in [-0.2, -0.15) is 8.42 Å². The SMILES string of the molecule is COc1cc(-c2ccc(OCc3ccc(C)cc3)c(F)c2)c(OC)cc1-c1ccc(OS(C)(=O)=O)cc1. The van der Waals surface area contributed by atoms with Gasteiger partial charge in [0.15, 0.2) is 11.6 Å². The van der Waals surface area contributed by atoms with Crippen molar-refractivity contribution in [3.05, 3.63) is 95.8 Å². The van der Waals surface area contributed by atoms with Crippen LogP contribution in [0.2, 0.25) is 0 Å². The molecular weight excluding hydrogens is 495 g/mol. The maximum atomic E-state index is 15.0. The number of halogens is 1. The van der Waals surface area contributed by atoms with E-state index in [1.807, 2.05) is 31.2 Å². The molecule has 0 spiro atoms. The Balaban J connectivity index is 1.62. The lowest BCUT2D eigenvalue weighted by molar-refractivity contribution is 0.290. The number of ether oxygens (including phenoxy) is 3. The molecule has 0 saturated carbocycles. The Morgan fingerprint density at radius 3 is 1.84 bits per heavy atom. The highest BCUT2D eigenvalue weighted by Crippen LogP contribution is 2.42. The molecule has 0 unspecified atom stereocenters. The van der Waals surface area contributed by atoms with Crippen molar-refractivity contribution in [3.8, 4) is 45.3 Å². The molecule has 0 bridgehead atoms. The molecule has 4 aromatic carbocycles. The van der Waals surface area contributed by atoms with Gasteiger partial charge in [-0.25, -0.2) is 4.39 Å². The summed E-state index contributed by atoms with van der Waals surface area (Å²) in [7, 11) is -0.549. The second kappa shape index (κ2) is 10.9. The minimum absolute atomic E-state index is 0.156. The fraction of sp³-hybridized carbons (Fsp3) is 0.172. The lowest BCUT2D eigenvalue weighted by atomic mass is 9.97. The highest BCUT2D eigenvalue weighted by molar-refractivity contribution is 7.86. The molecule has 0 fully saturated rings. The number of aryl methyl sites for hydroxylation is 1. The van der Waals surface area contributed by atoms with Crippen LogP contribution in [0.3, 0.4) is 0 Å². The van der Waals surface area contributed by atoms with Gasteiger partial charge in [0.05, 0.1) is 20.5 Å². The molecule has 4 aromatic rings. The van der Waals surface area contributed by atoms with Crippen molar-refractivity contribution in [1.82, 2.24) is 0 Å². The Hall–Kier alpha value is -4.04. The Morgan fingerprint density at radius 2 is 1.30 bits per heavy atom. The maximum absolute atomic E-state index is 15.0. The zero-order valence-electron chi connectivity index (χ0n) is 20.9. The van der Waals surface area contributed by atoms with Crippen molar-refractivity contribution in [3.63, 3.8) is 0 Å². The maximum Gasteiger partial charge on any atom is 0.306 e. The molecule has 6 nitrogen and oxygen atoms in total. The standard InChI is InChI=1S/C29H27FO6S/c1-19-5-7-20(8-6-19)18-35-27-14-11-22(15-26(27)30)25-17-28(33-2)24(16-29(25)34-3)21-9-12-23(13-10-21)36-37(4,31)32/h5-17H,18H2,1-4H3. The normalized spacial score (nSPS) is 11.2. The van der Waals surface area contributed by atoms with E-state index in [1.165, 1.54) is 13.2 Å². The number of methoxy groups -OCH3 is 2. The molecule has 0 heterocycles. The summed E-state index contributed by atoms with van der Waals surface area (Å²) in [5.74, 6) is 0.918. The van der Waals surface area contributed by atoms with E-state index in [-0.39, 0.29) is 18.1 Å². The number of benzene rings is 4. The van der Waals surface area contributed by atoms with E-state index in [0.717, 1.165) is 22.9 Å². The van der Waals surface area contributed by atoms with Crippen LogP contribution < -0.4 is 18.4 Å². The average molecular weight is 523 g/mol. The first-order valence-electron chi connectivity index (χ1n) is 11.4. The zero-order valence-corrected chi connectivity index (χ0v) is 21.8. The van der Waals surface area contributed by atoms with Gasteiger partial charge in [-0.1, -0.05) is 48.0 Å². The summed E-state index contributed by atoms with van der Waals surface area (Å²) in [6.07, 6.45) is 0.985. The fourth-order valence-corrected chi connectivity index (χ4v) is 4.31. The lowest BCUT2D eigenvalue weighted by Gasteiger charge is -2.16. The number of hydrogen-bond acceptors (Lipinski definition) is 6. The van der Waals surface area contributed by atoms with Crippen molar-refractivity contribution in [2.75, 3.05) is 20.5 Å². The average Bonchev–Trinajstić information content (AvgIpc) is 2.87. The minimum Gasteiger partial charge on any atom is -0.496 e.